The summed E-state index contributed by atoms with van der Waals surface area (Å²) in [6.45, 7) is 8.29. The molecule has 0 aliphatic carbocycles. The number of pyridine rings is 6. The van der Waals surface area contributed by atoms with E-state index >= 15 is 0 Å². The van der Waals surface area contributed by atoms with Crippen LogP contribution in [0.4, 0.5) is 17.6 Å². The van der Waals surface area contributed by atoms with Crippen LogP contribution in [0.25, 0.3) is 67.5 Å². The maximum Gasteiger partial charge on any atom is 2.00 e. The molecule has 0 fully saturated rings. The van der Waals surface area contributed by atoms with Crippen LogP contribution in [0.5, 0.6) is 0 Å². The predicted molar refractivity (Wildman–Crippen MR) is 499 cm³/mol. The van der Waals surface area contributed by atoms with E-state index in [1.165, 1.54) is 0 Å². The van der Waals surface area contributed by atoms with Crippen molar-refractivity contribution in [2.45, 2.75) is 0 Å². The van der Waals surface area contributed by atoms with Crippen LogP contribution in [0, 0.1) is 98.6 Å². The third-order valence-corrected chi connectivity index (χ3v) is 14.8. The van der Waals surface area contributed by atoms with Gasteiger partial charge in [-0.3, -0.25) is 17.6 Å². The third-order valence-electron chi connectivity index (χ3n) is 14.4. The van der Waals surface area contributed by atoms with Gasteiger partial charge >= 0.3 is 148 Å². The number of benzene rings is 9. The Morgan fingerprint density at radius 2 is 0.527 bits per heavy atom. The van der Waals surface area contributed by atoms with Gasteiger partial charge in [-0.05, 0) is 113 Å². The molecular weight excluding hydrogens is 2840 g/mol. The van der Waals surface area contributed by atoms with E-state index in [0.717, 1.165) is 86.0 Å². The summed E-state index contributed by atoms with van der Waals surface area (Å²) in [6.07, 6.45) is 10.2. The zero-order chi connectivity index (χ0) is 94.3. The number of nitrogens with zero attached hydrogens (tertiary/aromatic N) is 9. The Balaban J connectivity index is -0.00000137. The predicted octanol–water partition coefficient (Wildman–Crippen LogP) is 24.9. The number of halogens is 8. The molecule has 15 aromatic rings. The van der Waals surface area contributed by atoms with Gasteiger partial charge in [-0.15, -0.1) is 221 Å². The van der Waals surface area contributed by atoms with Crippen LogP contribution in [0.15, 0.2) is 359 Å². The number of methoxy groups -OCH3 is 6. The standard InChI is InChI=1S/2C11H6F2N.4C11H8N.C8H8ClO.2C8H9O.3C4H10NO.3ClH.6Pt/c2*12-8-4-5-9(10(13)7-8)11-3-1-2-6-14-11;4*1-2-6-10(7-3-1)11-8-4-5-9-12-11;1-10-8(9)7-5-3-2-4-6-7;2*1-9-7-8-5-3-2-4-6-8;3*1-5(2)4-6-3;;;;;;;;;/h2*1-4,6-7H;4*1-6,8-9H;2-6H,1H3;2*2-7H,1H3;3*4H,1-3H3;3*1H;;;;;;/q12*-1;;;;3*+1;3*+2/p-3. The third kappa shape index (κ3) is 63.1. The Bertz CT molecular complexity index is 4400. The van der Waals surface area contributed by atoms with Gasteiger partial charge in [0.25, 0.3) is 0 Å². The van der Waals surface area contributed by atoms with Crippen LogP contribution in [0.3, 0.4) is 0 Å². The average Bonchev–Trinajstić information content (AvgIpc) is 0.858. The molecule has 0 radical (unpaired) electrons. The topological polar surface area (TPSA) is 142 Å². The second-order valence-corrected chi connectivity index (χ2v) is 25.1. The van der Waals surface area contributed by atoms with Crippen LogP contribution in [-0.4, -0.2) is 130 Å². The molecule has 0 unspecified atom stereocenters. The SMILES string of the molecule is CO[C-](Cl)c1ccccc1.CO[CH-]N(C)C.CO[CH-]N(C)C.CO[CH-]N(C)C.CO[CH-]c1ccccc1.CO[CH-]c1ccccc1.Fc1c[c-]c(-c2ccccn2)c(F)c1.Fc1c[c-]c(-c2ccccn2)c(F)c1.[Cl][Pt].[Cl][Pt].[Cl][Pt].[Pt+2].[Pt+2].[Pt+2].[c-]1ccccc1-c1ccccn1.[c-]1ccccc1-c1ccccn1.[c-]1ccccc1-c1ccccn1.[c-]1ccccc1-c1ccccn1. The van der Waals surface area contributed by atoms with E-state index in [1.54, 1.807) is 206 Å². The normalized spacial score (nSPS) is 9.20. The number of rotatable bonds is 18. The summed E-state index contributed by atoms with van der Waals surface area (Å²) in [5.41, 5.74) is 12.8. The Labute approximate surface area is 867 Å². The van der Waals surface area contributed by atoms with Crippen LogP contribution in [0.1, 0.15) is 16.7 Å². The van der Waals surface area contributed by atoms with Gasteiger partial charge in [0.1, 0.15) is 0 Å². The van der Waals surface area contributed by atoms with Crippen molar-refractivity contribution in [3.8, 4) is 67.5 Å². The fourth-order valence-corrected chi connectivity index (χ4v) is 9.38. The molecule has 9 aromatic carbocycles. The first-order chi connectivity index (χ1) is 62.4. The summed E-state index contributed by atoms with van der Waals surface area (Å²) in [5, 5.41) is 0. The Hall–Kier alpha value is -7.86. The van der Waals surface area contributed by atoms with E-state index in [-0.39, 0.29) is 74.3 Å². The van der Waals surface area contributed by atoms with Gasteiger partial charge < -0.3 is 73.0 Å². The molecule has 0 aliphatic rings. The van der Waals surface area contributed by atoms with Crippen LogP contribution in [-0.2, 0) is 148 Å². The molecule has 0 saturated carbocycles. The minimum absolute atomic E-state index is 0. The molecule has 0 N–H and O–H groups in total. The summed E-state index contributed by atoms with van der Waals surface area (Å²) >= 11 is 10.5. The molecule has 131 heavy (non-hydrogen) atoms. The Kier molecular flexibility index (Phi) is 85.0. The number of hydrogen-bond donors (Lipinski definition) is 0. The van der Waals surface area contributed by atoms with Gasteiger partial charge in [0, 0.05) is 109 Å². The summed E-state index contributed by atoms with van der Waals surface area (Å²) in [4.78, 5) is 30.3. The first-order valence-corrected chi connectivity index (χ1v) is 46.7. The molecule has 0 bridgehead atoms. The maximum atomic E-state index is 13.2. The van der Waals surface area contributed by atoms with Crippen molar-refractivity contribution >= 4 is 39.9 Å². The second-order valence-electron chi connectivity index (χ2n) is 24.8. The first kappa shape index (κ1) is 127. The van der Waals surface area contributed by atoms with Gasteiger partial charge in [0.15, 0.2) is 0 Å². The van der Waals surface area contributed by atoms with Crippen LogP contribution < -0.4 is 0 Å². The fraction of sp³-hybridized carbons (Fsp3) is 0.118. The molecule has 6 aromatic heterocycles. The largest absolute Gasteiger partial charge is 2.00 e. The van der Waals surface area contributed by atoms with Crippen molar-refractivity contribution < 1.29 is 165 Å². The molecule has 0 amide bonds. The molecule has 6 heterocycles. The van der Waals surface area contributed by atoms with Gasteiger partial charge in [-0.25, -0.2) is 0 Å². The maximum absolute atomic E-state index is 13.2. The van der Waals surface area contributed by atoms with Crippen molar-refractivity contribution in [3.05, 3.63) is 474 Å². The molecule has 0 spiro atoms. The van der Waals surface area contributed by atoms with Gasteiger partial charge in [-0.2, -0.15) is 67.7 Å². The number of ether oxygens (including phenoxy) is 6. The van der Waals surface area contributed by atoms with Gasteiger partial charge in [0.05, 0.1) is 0 Å². The summed E-state index contributed by atoms with van der Waals surface area (Å²) in [5.74, 6) is -2.57. The Morgan fingerprint density at radius 3 is 0.710 bits per heavy atom. The van der Waals surface area contributed by atoms with E-state index in [1.807, 2.05) is 318 Å². The van der Waals surface area contributed by atoms with Crippen molar-refractivity contribution in [1.82, 2.24) is 44.6 Å². The van der Waals surface area contributed by atoms with Crippen molar-refractivity contribution in [2.75, 3.05) is 84.9 Å². The molecule has 0 saturated heterocycles. The van der Waals surface area contributed by atoms with Gasteiger partial charge in [0.2, 0.25) is 0 Å². The quantitative estimate of drug-likeness (QED) is 0.0593. The average molecular weight is 2940 g/mol. The van der Waals surface area contributed by atoms with E-state index in [0.29, 0.717) is 17.0 Å². The first-order valence-electron chi connectivity index (χ1n) is 37.9. The van der Waals surface area contributed by atoms with Crippen molar-refractivity contribution in [3.63, 3.8) is 0 Å². The van der Waals surface area contributed by atoms with E-state index in [2.05, 4.69) is 109 Å². The molecule has 15 rings (SSSR count). The molecule has 29 heteroatoms. The second kappa shape index (κ2) is 87.5. The molecule has 15 nitrogen and oxygen atoms in total. The zero-order valence-electron chi connectivity index (χ0n) is 73.3. The minimum Gasteiger partial charge on any atom is -0.305 e. The zero-order valence-corrected chi connectivity index (χ0v) is 90.0. The van der Waals surface area contributed by atoms with E-state index < -0.39 is 23.3 Å². The summed E-state index contributed by atoms with van der Waals surface area (Å²) < 4.78 is 79.8. The minimum atomic E-state index is -0.649. The molecular formula is C102H100Cl4F4N9O6Pt6-6. The summed E-state index contributed by atoms with van der Waals surface area (Å²) in [6, 6.07) is 116. The molecule has 711 valence electrons. The van der Waals surface area contributed by atoms with Crippen molar-refractivity contribution in [1.29, 1.82) is 0 Å². The van der Waals surface area contributed by atoms with Gasteiger partial charge in [-0.1, -0.05) is 127 Å². The summed E-state index contributed by atoms with van der Waals surface area (Å²) in [7, 11) is 35.0. The smallest absolute Gasteiger partial charge is 0.305 e. The van der Waals surface area contributed by atoms with Crippen LogP contribution >= 0.6 is 39.9 Å². The van der Waals surface area contributed by atoms with E-state index in [4.69, 9.17) is 25.8 Å². The fourth-order valence-electron chi connectivity index (χ4n) is 9.26. The molecule has 0 aliphatic heterocycles. The number of aromatic nitrogens is 6. The van der Waals surface area contributed by atoms with E-state index in [9.17, 15) is 17.6 Å². The van der Waals surface area contributed by atoms with Crippen molar-refractivity contribution in [2.24, 2.45) is 0 Å². The number of hydrogen-bond acceptors (Lipinski definition) is 15. The monoisotopic (exact) mass is 2930 g/mol. The van der Waals surface area contributed by atoms with Crippen LogP contribution in [0.2, 0.25) is 0 Å². The molecule has 0 atom stereocenters. The Morgan fingerprint density at radius 1 is 0.298 bits per heavy atom.